The van der Waals surface area contributed by atoms with Crippen molar-refractivity contribution >= 4 is 0 Å². The van der Waals surface area contributed by atoms with Crippen molar-refractivity contribution in [2.75, 3.05) is 27.3 Å². The highest BCUT2D eigenvalue weighted by atomic mass is 16.5. The molecule has 1 aromatic carbocycles. The highest BCUT2D eigenvalue weighted by Crippen LogP contribution is 2.72. The van der Waals surface area contributed by atoms with Crippen LogP contribution in [0, 0.1) is 10.8 Å². The third kappa shape index (κ3) is 2.60. The first-order valence-electron chi connectivity index (χ1n) is 12.2. The van der Waals surface area contributed by atoms with E-state index in [1.165, 1.54) is 11.1 Å². The Labute approximate surface area is 195 Å². The molecule has 2 bridgehead atoms. The zero-order valence-electron chi connectivity index (χ0n) is 20.1. The summed E-state index contributed by atoms with van der Waals surface area (Å²) < 4.78 is 24.5. The Balaban J connectivity index is 1.47. The third-order valence-corrected chi connectivity index (χ3v) is 9.58. The van der Waals surface area contributed by atoms with Gasteiger partial charge in [-0.25, -0.2) is 0 Å². The number of phenols is 1. The molecule has 0 amide bonds. The Morgan fingerprint density at radius 1 is 1.27 bits per heavy atom. The molecular formula is C27H35NO5. The number of phenolic OH excluding ortho intramolecular Hbond substituents is 1. The van der Waals surface area contributed by atoms with E-state index in [9.17, 15) is 5.11 Å². The first-order chi connectivity index (χ1) is 15.9. The monoisotopic (exact) mass is 453 g/mol. The van der Waals surface area contributed by atoms with Gasteiger partial charge in [-0.1, -0.05) is 19.9 Å². The second-order valence-electron chi connectivity index (χ2n) is 11.0. The van der Waals surface area contributed by atoms with E-state index in [1.54, 1.807) is 19.6 Å². The quantitative estimate of drug-likeness (QED) is 0.704. The summed E-state index contributed by atoms with van der Waals surface area (Å²) in [6.45, 7) is 6.78. The van der Waals surface area contributed by atoms with E-state index >= 15 is 0 Å². The second kappa shape index (κ2) is 7.24. The van der Waals surface area contributed by atoms with E-state index in [4.69, 9.17) is 18.6 Å². The van der Waals surface area contributed by atoms with E-state index in [0.717, 1.165) is 37.8 Å². The highest BCUT2D eigenvalue weighted by Gasteiger charge is 2.75. The number of furan rings is 1. The molecule has 2 aliphatic heterocycles. The Morgan fingerprint density at radius 3 is 2.85 bits per heavy atom. The molecule has 6 atom stereocenters. The first-order valence-corrected chi connectivity index (χ1v) is 12.2. The normalized spacial score (nSPS) is 38.7. The molecule has 33 heavy (non-hydrogen) atoms. The van der Waals surface area contributed by atoms with E-state index in [-0.39, 0.29) is 34.2 Å². The summed E-state index contributed by atoms with van der Waals surface area (Å²) in [5.74, 6) is 0.955. The molecule has 1 unspecified atom stereocenters. The predicted octanol–water partition coefficient (Wildman–Crippen LogP) is 4.28. The molecule has 1 aromatic heterocycles. The van der Waals surface area contributed by atoms with Crippen LogP contribution in [-0.4, -0.2) is 55.6 Å². The molecule has 1 saturated carbocycles. The van der Waals surface area contributed by atoms with Crippen LogP contribution in [0.15, 0.2) is 35.1 Å². The number of likely N-dealkylation sites (tertiary alicyclic amines) is 1. The van der Waals surface area contributed by atoms with Gasteiger partial charge in [0.25, 0.3) is 0 Å². The van der Waals surface area contributed by atoms with E-state index < -0.39 is 0 Å². The summed E-state index contributed by atoms with van der Waals surface area (Å²) in [6, 6.07) is 6.31. The summed E-state index contributed by atoms with van der Waals surface area (Å²) in [5, 5.41) is 10.8. The fourth-order valence-corrected chi connectivity index (χ4v) is 8.37. The number of rotatable bonds is 6. The Bertz CT molecular complexity index is 1050. The maximum absolute atomic E-state index is 10.8. The highest BCUT2D eigenvalue weighted by molar-refractivity contribution is 5.62. The maximum atomic E-state index is 10.8. The molecule has 6 heteroatoms. The molecule has 2 aromatic rings. The molecule has 1 spiro atoms. The number of benzene rings is 1. The average molecular weight is 454 g/mol. The largest absolute Gasteiger partial charge is 0.504 e. The number of hydrogen-bond donors (Lipinski definition) is 1. The minimum Gasteiger partial charge on any atom is -0.504 e. The smallest absolute Gasteiger partial charge is 0.165 e. The van der Waals surface area contributed by atoms with Crippen LogP contribution in [0.5, 0.6) is 11.5 Å². The summed E-state index contributed by atoms with van der Waals surface area (Å²) >= 11 is 0. The molecule has 6 nitrogen and oxygen atoms in total. The van der Waals surface area contributed by atoms with Crippen LogP contribution in [0.2, 0.25) is 0 Å². The lowest BCUT2D eigenvalue weighted by Crippen LogP contribution is -2.76. The van der Waals surface area contributed by atoms with E-state index in [2.05, 4.69) is 31.9 Å². The van der Waals surface area contributed by atoms with Crippen LogP contribution in [0.4, 0.5) is 0 Å². The van der Waals surface area contributed by atoms with Gasteiger partial charge in [-0.15, -0.1) is 0 Å². The van der Waals surface area contributed by atoms with Gasteiger partial charge in [-0.05, 0) is 57.0 Å². The fraction of sp³-hybridized carbons (Fsp3) is 0.630. The third-order valence-electron chi connectivity index (χ3n) is 9.58. The molecule has 0 radical (unpaired) electrons. The SMILES string of the molecule is CC[C@@]12C[C@](C)(COCc3ccoc3)C(OC)[C@H]3Oc4c(O)ccc5c4[C@]31CCN(C)[C@H]2C5. The van der Waals surface area contributed by atoms with Crippen LogP contribution < -0.4 is 4.74 Å². The van der Waals surface area contributed by atoms with Gasteiger partial charge >= 0.3 is 0 Å². The van der Waals surface area contributed by atoms with Gasteiger partial charge in [0, 0.05) is 40.5 Å². The lowest BCUT2D eigenvalue weighted by atomic mass is 9.39. The summed E-state index contributed by atoms with van der Waals surface area (Å²) in [7, 11) is 4.08. The number of methoxy groups -OCH3 is 1. The number of piperidine rings is 1. The van der Waals surface area contributed by atoms with Crippen molar-refractivity contribution in [3.05, 3.63) is 47.4 Å². The standard InChI is InChI=1S/C27H35NO5/c1-5-26-15-25(2,16-32-14-17-8-11-31-13-17)23(30-4)24-27(26)9-10-28(3)20(26)12-18-6-7-19(29)22(33-24)21(18)27/h6-8,11,13,20,23-24,29H,5,9-10,12,14-16H2,1-4H3/t20-,23?,24+,25+,26-,27+/m0/s1. The predicted molar refractivity (Wildman–Crippen MR) is 124 cm³/mol. The van der Waals surface area contributed by atoms with Crippen molar-refractivity contribution in [1.82, 2.24) is 4.90 Å². The van der Waals surface area contributed by atoms with Crippen LogP contribution in [-0.2, 0) is 27.9 Å². The maximum Gasteiger partial charge on any atom is 0.165 e. The van der Waals surface area contributed by atoms with Gasteiger partial charge in [0.05, 0.1) is 25.7 Å². The fourth-order valence-electron chi connectivity index (χ4n) is 8.37. The van der Waals surface area contributed by atoms with Crippen molar-refractivity contribution in [3.63, 3.8) is 0 Å². The summed E-state index contributed by atoms with van der Waals surface area (Å²) in [5.41, 5.74) is 3.29. The Morgan fingerprint density at radius 2 is 2.12 bits per heavy atom. The number of nitrogens with zero attached hydrogens (tertiary/aromatic N) is 1. The lowest BCUT2D eigenvalue weighted by molar-refractivity contribution is -0.226. The van der Waals surface area contributed by atoms with Crippen molar-refractivity contribution in [1.29, 1.82) is 0 Å². The number of hydrogen-bond acceptors (Lipinski definition) is 6. The Hall–Kier alpha value is -2.02. The Kier molecular flexibility index (Phi) is 4.72. The van der Waals surface area contributed by atoms with Gasteiger partial charge in [-0.3, -0.25) is 0 Å². The minimum atomic E-state index is -0.228. The van der Waals surface area contributed by atoms with Gasteiger partial charge < -0.3 is 28.6 Å². The molecule has 2 fully saturated rings. The van der Waals surface area contributed by atoms with Gasteiger partial charge in [0.2, 0.25) is 0 Å². The topological polar surface area (TPSA) is 64.3 Å². The zero-order chi connectivity index (χ0) is 23.0. The van der Waals surface area contributed by atoms with Gasteiger partial charge in [0.15, 0.2) is 11.5 Å². The summed E-state index contributed by atoms with van der Waals surface area (Å²) in [4.78, 5) is 2.57. The molecule has 1 saturated heterocycles. The number of ether oxygens (including phenoxy) is 3. The van der Waals surface area contributed by atoms with Crippen LogP contribution >= 0.6 is 0 Å². The number of likely N-dealkylation sites (N-methyl/N-ethyl adjacent to an activating group) is 1. The van der Waals surface area contributed by atoms with Crippen LogP contribution in [0.25, 0.3) is 0 Å². The van der Waals surface area contributed by atoms with Gasteiger partial charge in [-0.2, -0.15) is 0 Å². The molecule has 4 aliphatic rings. The first kappa shape index (κ1) is 21.5. The molecule has 1 N–H and O–H groups in total. The molecule has 2 aliphatic carbocycles. The van der Waals surface area contributed by atoms with Gasteiger partial charge in [0.1, 0.15) is 12.2 Å². The van der Waals surface area contributed by atoms with Crippen molar-refractivity contribution < 1.29 is 23.7 Å². The molecular weight excluding hydrogens is 418 g/mol. The van der Waals surface area contributed by atoms with E-state index in [1.807, 2.05) is 12.1 Å². The van der Waals surface area contributed by atoms with E-state index in [0.29, 0.717) is 25.0 Å². The summed E-state index contributed by atoms with van der Waals surface area (Å²) in [6.07, 6.45) is 7.22. The zero-order valence-corrected chi connectivity index (χ0v) is 20.1. The molecule has 178 valence electrons. The molecule has 3 heterocycles. The number of aromatic hydroxyl groups is 1. The minimum absolute atomic E-state index is 0.0273. The lowest BCUT2D eigenvalue weighted by Gasteiger charge is -2.69. The van der Waals surface area contributed by atoms with Crippen molar-refractivity contribution in [3.8, 4) is 11.5 Å². The van der Waals surface area contributed by atoms with Crippen LogP contribution in [0.3, 0.4) is 0 Å². The second-order valence-corrected chi connectivity index (χ2v) is 11.0. The van der Waals surface area contributed by atoms with Crippen LogP contribution in [0.1, 0.15) is 49.8 Å². The molecule has 6 rings (SSSR count). The van der Waals surface area contributed by atoms with Crippen molar-refractivity contribution in [2.45, 2.75) is 69.8 Å². The average Bonchev–Trinajstić information content (AvgIpc) is 3.43. The van der Waals surface area contributed by atoms with Crippen molar-refractivity contribution in [2.24, 2.45) is 10.8 Å².